The molecule has 0 radical (unpaired) electrons. The molecule has 8 heteroatoms. The standard InChI is InChI=1S/C12H15N5O2S/c1-17-12(14-15-16-17)20-9-11(18)13-7-8-19-10-5-3-2-4-6-10/h2-6H,7-9H2,1H3,(H,13,18). The lowest BCUT2D eigenvalue weighted by molar-refractivity contribution is -0.118. The molecule has 1 aromatic heterocycles. The minimum Gasteiger partial charge on any atom is -0.492 e. The van der Waals surface area contributed by atoms with Crippen LogP contribution in [0, 0.1) is 0 Å². The lowest BCUT2D eigenvalue weighted by Gasteiger charge is -2.07. The van der Waals surface area contributed by atoms with Gasteiger partial charge in [0.05, 0.1) is 12.3 Å². The van der Waals surface area contributed by atoms with Crippen molar-refractivity contribution in [3.05, 3.63) is 30.3 Å². The van der Waals surface area contributed by atoms with Crippen molar-refractivity contribution >= 4 is 17.7 Å². The predicted octanol–water partition coefficient (Wildman–Crippen LogP) is 0.497. The van der Waals surface area contributed by atoms with E-state index in [4.69, 9.17) is 4.74 Å². The van der Waals surface area contributed by atoms with Gasteiger partial charge in [0.25, 0.3) is 0 Å². The fourth-order valence-corrected chi connectivity index (χ4v) is 2.08. The van der Waals surface area contributed by atoms with Crippen molar-refractivity contribution in [1.82, 2.24) is 25.5 Å². The molecule has 1 heterocycles. The van der Waals surface area contributed by atoms with E-state index in [9.17, 15) is 4.79 Å². The summed E-state index contributed by atoms with van der Waals surface area (Å²) in [5.74, 6) is 0.996. The largest absolute Gasteiger partial charge is 0.492 e. The molecule has 0 aliphatic rings. The first-order chi connectivity index (χ1) is 9.75. The summed E-state index contributed by atoms with van der Waals surface area (Å²) in [6, 6.07) is 9.48. The first kappa shape index (κ1) is 14.3. The number of hydrogen-bond donors (Lipinski definition) is 1. The number of aryl methyl sites for hydroxylation is 1. The summed E-state index contributed by atoms with van der Waals surface area (Å²) >= 11 is 1.29. The minimum atomic E-state index is -0.0744. The quantitative estimate of drug-likeness (QED) is 0.591. The molecule has 0 spiro atoms. The van der Waals surface area contributed by atoms with Crippen molar-refractivity contribution in [3.63, 3.8) is 0 Å². The first-order valence-electron chi connectivity index (χ1n) is 6.05. The van der Waals surface area contributed by atoms with Crippen LogP contribution in [0.5, 0.6) is 5.75 Å². The number of carbonyl (C=O) groups excluding carboxylic acids is 1. The van der Waals surface area contributed by atoms with Gasteiger partial charge in [-0.3, -0.25) is 4.79 Å². The van der Waals surface area contributed by atoms with Gasteiger partial charge >= 0.3 is 0 Å². The molecule has 1 amide bonds. The van der Waals surface area contributed by atoms with E-state index in [0.29, 0.717) is 18.3 Å². The molecule has 1 aromatic carbocycles. The number of hydrogen-bond acceptors (Lipinski definition) is 6. The molecule has 2 aromatic rings. The Labute approximate surface area is 120 Å². The number of nitrogens with zero attached hydrogens (tertiary/aromatic N) is 4. The fourth-order valence-electron chi connectivity index (χ4n) is 1.40. The van der Waals surface area contributed by atoms with E-state index in [1.807, 2.05) is 30.3 Å². The second kappa shape index (κ2) is 7.49. The van der Waals surface area contributed by atoms with E-state index >= 15 is 0 Å². The zero-order chi connectivity index (χ0) is 14.2. The van der Waals surface area contributed by atoms with Crippen molar-refractivity contribution in [2.45, 2.75) is 5.16 Å². The molecule has 0 bridgehead atoms. The molecule has 0 fully saturated rings. The van der Waals surface area contributed by atoms with Gasteiger partial charge in [-0.15, -0.1) is 5.10 Å². The zero-order valence-corrected chi connectivity index (χ0v) is 11.8. The number of amides is 1. The number of para-hydroxylation sites is 1. The number of nitrogens with one attached hydrogen (secondary N) is 1. The van der Waals surface area contributed by atoms with Gasteiger partial charge < -0.3 is 10.1 Å². The molecule has 0 atom stereocenters. The van der Waals surface area contributed by atoms with Crippen molar-refractivity contribution in [2.24, 2.45) is 7.05 Å². The number of thioether (sulfide) groups is 1. The molecule has 2 rings (SSSR count). The molecule has 0 saturated heterocycles. The van der Waals surface area contributed by atoms with E-state index in [1.54, 1.807) is 7.05 Å². The van der Waals surface area contributed by atoms with E-state index in [-0.39, 0.29) is 11.7 Å². The second-order valence-corrected chi connectivity index (χ2v) is 4.83. The highest BCUT2D eigenvalue weighted by Gasteiger charge is 2.07. The lowest BCUT2D eigenvalue weighted by Crippen LogP contribution is -2.29. The Morgan fingerprint density at radius 3 is 2.90 bits per heavy atom. The van der Waals surface area contributed by atoms with E-state index in [2.05, 4.69) is 20.8 Å². The summed E-state index contributed by atoms with van der Waals surface area (Å²) in [7, 11) is 1.73. The maximum Gasteiger partial charge on any atom is 0.230 e. The number of rotatable bonds is 7. The molecule has 106 valence electrons. The maximum atomic E-state index is 11.6. The summed E-state index contributed by atoms with van der Waals surface area (Å²) in [6.07, 6.45) is 0. The Morgan fingerprint density at radius 1 is 1.40 bits per heavy atom. The SMILES string of the molecule is Cn1nnnc1SCC(=O)NCCOc1ccccc1. The van der Waals surface area contributed by atoms with Crippen LogP contribution in [0.15, 0.2) is 35.5 Å². The van der Waals surface area contributed by atoms with Crippen LogP contribution in [-0.4, -0.2) is 45.0 Å². The fraction of sp³-hybridized carbons (Fsp3) is 0.333. The van der Waals surface area contributed by atoms with Crippen LogP contribution in [0.1, 0.15) is 0 Å². The Hall–Kier alpha value is -2.09. The third-order valence-electron chi connectivity index (χ3n) is 2.35. The average molecular weight is 293 g/mol. The van der Waals surface area contributed by atoms with Crippen LogP contribution >= 0.6 is 11.8 Å². The van der Waals surface area contributed by atoms with Crippen molar-refractivity contribution in [2.75, 3.05) is 18.9 Å². The number of carbonyl (C=O) groups is 1. The van der Waals surface area contributed by atoms with Crippen LogP contribution in [0.3, 0.4) is 0 Å². The molecule has 7 nitrogen and oxygen atoms in total. The molecule has 20 heavy (non-hydrogen) atoms. The zero-order valence-electron chi connectivity index (χ0n) is 11.0. The molecular weight excluding hydrogens is 278 g/mol. The predicted molar refractivity (Wildman–Crippen MR) is 74.5 cm³/mol. The van der Waals surface area contributed by atoms with Crippen LogP contribution in [0.25, 0.3) is 0 Å². The van der Waals surface area contributed by atoms with Crippen molar-refractivity contribution in [3.8, 4) is 5.75 Å². The van der Waals surface area contributed by atoms with Gasteiger partial charge in [0, 0.05) is 7.05 Å². The highest BCUT2D eigenvalue weighted by Crippen LogP contribution is 2.11. The highest BCUT2D eigenvalue weighted by atomic mass is 32.2. The topological polar surface area (TPSA) is 81.9 Å². The number of ether oxygens (including phenoxy) is 1. The molecule has 0 unspecified atom stereocenters. The van der Waals surface area contributed by atoms with Gasteiger partial charge in [-0.1, -0.05) is 30.0 Å². The van der Waals surface area contributed by atoms with Crippen LogP contribution in [-0.2, 0) is 11.8 Å². The maximum absolute atomic E-state index is 11.6. The first-order valence-corrected chi connectivity index (χ1v) is 7.04. The summed E-state index contributed by atoms with van der Waals surface area (Å²) in [6.45, 7) is 0.900. The Bertz CT molecular complexity index is 546. The number of aromatic nitrogens is 4. The molecular formula is C12H15N5O2S. The monoisotopic (exact) mass is 293 g/mol. The smallest absolute Gasteiger partial charge is 0.230 e. The minimum absolute atomic E-state index is 0.0744. The van der Waals surface area contributed by atoms with Gasteiger partial charge in [0.2, 0.25) is 11.1 Å². The van der Waals surface area contributed by atoms with E-state index in [1.165, 1.54) is 16.4 Å². The van der Waals surface area contributed by atoms with Crippen molar-refractivity contribution < 1.29 is 9.53 Å². The summed E-state index contributed by atoms with van der Waals surface area (Å²) in [5.41, 5.74) is 0. The Morgan fingerprint density at radius 2 is 2.20 bits per heavy atom. The number of tetrazole rings is 1. The molecule has 0 saturated carbocycles. The van der Waals surface area contributed by atoms with Crippen LogP contribution < -0.4 is 10.1 Å². The van der Waals surface area contributed by atoms with Gasteiger partial charge in [0.15, 0.2) is 0 Å². The average Bonchev–Trinajstić information content (AvgIpc) is 2.88. The van der Waals surface area contributed by atoms with Crippen LogP contribution in [0.2, 0.25) is 0 Å². The Kier molecular flexibility index (Phi) is 5.36. The summed E-state index contributed by atoms with van der Waals surface area (Å²) in [5, 5.41) is 14.4. The van der Waals surface area contributed by atoms with Gasteiger partial charge in [0.1, 0.15) is 12.4 Å². The molecule has 1 N–H and O–H groups in total. The molecule has 0 aliphatic heterocycles. The van der Waals surface area contributed by atoms with E-state index in [0.717, 1.165) is 5.75 Å². The van der Waals surface area contributed by atoms with Gasteiger partial charge in [-0.2, -0.15) is 0 Å². The third-order valence-corrected chi connectivity index (χ3v) is 3.36. The van der Waals surface area contributed by atoms with Gasteiger partial charge in [-0.05, 0) is 22.6 Å². The van der Waals surface area contributed by atoms with E-state index < -0.39 is 0 Å². The highest BCUT2D eigenvalue weighted by molar-refractivity contribution is 7.99. The third kappa shape index (κ3) is 4.54. The second-order valence-electron chi connectivity index (χ2n) is 3.89. The van der Waals surface area contributed by atoms with Crippen LogP contribution in [0.4, 0.5) is 0 Å². The summed E-state index contributed by atoms with van der Waals surface area (Å²) in [4.78, 5) is 11.6. The van der Waals surface area contributed by atoms with Crippen molar-refractivity contribution in [1.29, 1.82) is 0 Å². The summed E-state index contributed by atoms with van der Waals surface area (Å²) < 4.78 is 6.99. The lowest BCUT2D eigenvalue weighted by atomic mass is 10.3. The molecule has 0 aliphatic carbocycles. The normalized spacial score (nSPS) is 10.2. The number of benzene rings is 1. The Balaban J connectivity index is 1.60. The van der Waals surface area contributed by atoms with Gasteiger partial charge in [-0.25, -0.2) is 4.68 Å².